The average Bonchev–Trinajstić information content (AvgIpc) is 2.98. The van der Waals surface area contributed by atoms with E-state index in [1.54, 1.807) is 48.5 Å². The van der Waals surface area contributed by atoms with Crippen molar-refractivity contribution in [3.8, 4) is 5.75 Å². The Balaban J connectivity index is 1.72. The van der Waals surface area contributed by atoms with Gasteiger partial charge >= 0.3 is 0 Å². The number of anilines is 1. The number of benzene rings is 2. The van der Waals surface area contributed by atoms with Gasteiger partial charge in [0.05, 0.1) is 24.1 Å². The molecule has 1 aliphatic rings. The number of methoxy groups -OCH3 is 1. The van der Waals surface area contributed by atoms with Crippen molar-refractivity contribution < 1.29 is 13.9 Å². The van der Waals surface area contributed by atoms with Crippen molar-refractivity contribution >= 4 is 23.2 Å². The first-order valence-corrected chi connectivity index (χ1v) is 9.46. The van der Waals surface area contributed by atoms with Gasteiger partial charge in [0.1, 0.15) is 17.7 Å². The van der Waals surface area contributed by atoms with Crippen molar-refractivity contribution in [3.05, 3.63) is 88.0 Å². The number of nitrogens with one attached hydrogen (secondary N) is 1. The zero-order valence-corrected chi connectivity index (χ0v) is 16.7. The van der Waals surface area contributed by atoms with Gasteiger partial charge in [0, 0.05) is 23.8 Å². The number of fused-ring (bicyclic) bond motifs is 1. The highest BCUT2D eigenvalue weighted by molar-refractivity contribution is 6.31. The molecule has 2 aromatic carbocycles. The topological polar surface area (TPSA) is 54.5 Å². The summed E-state index contributed by atoms with van der Waals surface area (Å²) in [7, 11) is 1.56. The van der Waals surface area contributed by atoms with E-state index in [0.717, 1.165) is 11.1 Å². The van der Waals surface area contributed by atoms with Crippen molar-refractivity contribution in [2.75, 3.05) is 12.4 Å². The number of ether oxygens (including phenoxy) is 1. The largest absolute Gasteiger partial charge is 0.495 e. The number of aryl methyl sites for hydroxylation is 1. The van der Waals surface area contributed by atoms with E-state index in [0.29, 0.717) is 34.3 Å². The molecule has 0 radical (unpaired) electrons. The second-order valence-corrected chi connectivity index (χ2v) is 7.25. The monoisotopic (exact) mass is 411 g/mol. The number of hydrogen-bond acceptors (Lipinski definition) is 4. The van der Waals surface area contributed by atoms with Crippen LogP contribution in [-0.4, -0.2) is 22.9 Å². The number of pyridine rings is 1. The Labute approximate surface area is 173 Å². The highest BCUT2D eigenvalue weighted by Gasteiger charge is 2.38. The van der Waals surface area contributed by atoms with Crippen LogP contribution in [0.4, 0.5) is 10.1 Å². The van der Waals surface area contributed by atoms with Crippen molar-refractivity contribution in [3.63, 3.8) is 0 Å². The highest BCUT2D eigenvalue weighted by Crippen LogP contribution is 2.38. The molecule has 0 saturated heterocycles. The number of rotatable bonds is 5. The molecule has 7 heteroatoms. The summed E-state index contributed by atoms with van der Waals surface area (Å²) < 4.78 is 18.7. The molecule has 1 amide bonds. The minimum Gasteiger partial charge on any atom is -0.495 e. The Morgan fingerprint density at radius 2 is 2.00 bits per heavy atom. The lowest BCUT2D eigenvalue weighted by atomic mass is 10.1. The molecule has 1 aliphatic heterocycles. The summed E-state index contributed by atoms with van der Waals surface area (Å²) in [6, 6.07) is 13.2. The molecule has 1 N–H and O–H groups in total. The second-order valence-electron chi connectivity index (χ2n) is 6.84. The fraction of sp³-hybridized carbons (Fsp3) is 0.182. The number of nitrogens with zero attached hydrogens (tertiary/aromatic N) is 2. The van der Waals surface area contributed by atoms with E-state index in [4.69, 9.17) is 16.3 Å². The lowest BCUT2D eigenvalue weighted by Crippen LogP contribution is -2.32. The first kappa shape index (κ1) is 19.2. The van der Waals surface area contributed by atoms with Crippen LogP contribution in [0.1, 0.15) is 33.3 Å². The first-order valence-electron chi connectivity index (χ1n) is 9.09. The molecule has 0 unspecified atom stereocenters. The third-order valence-corrected chi connectivity index (χ3v) is 5.35. The van der Waals surface area contributed by atoms with Crippen LogP contribution in [0.25, 0.3) is 0 Å². The molecule has 0 fully saturated rings. The Hall–Kier alpha value is -3.12. The van der Waals surface area contributed by atoms with E-state index in [2.05, 4.69) is 10.3 Å². The minimum absolute atomic E-state index is 0.139. The van der Waals surface area contributed by atoms with Crippen molar-refractivity contribution in [1.29, 1.82) is 0 Å². The third kappa shape index (κ3) is 3.63. The summed E-state index contributed by atoms with van der Waals surface area (Å²) in [5.74, 6) is 0.112. The maximum absolute atomic E-state index is 13.3. The van der Waals surface area contributed by atoms with Crippen LogP contribution in [-0.2, 0) is 6.54 Å². The molecule has 1 atom stereocenters. The average molecular weight is 412 g/mol. The van der Waals surface area contributed by atoms with Gasteiger partial charge in [-0.2, -0.15) is 0 Å². The Morgan fingerprint density at radius 3 is 2.72 bits per heavy atom. The predicted molar refractivity (Wildman–Crippen MR) is 110 cm³/mol. The first-order chi connectivity index (χ1) is 14.0. The van der Waals surface area contributed by atoms with Crippen LogP contribution in [0.3, 0.4) is 0 Å². The van der Waals surface area contributed by atoms with Gasteiger partial charge in [0.15, 0.2) is 0 Å². The molecule has 29 heavy (non-hydrogen) atoms. The summed E-state index contributed by atoms with van der Waals surface area (Å²) in [4.78, 5) is 19.2. The van der Waals surface area contributed by atoms with Gasteiger partial charge in [-0.05, 0) is 48.4 Å². The second kappa shape index (κ2) is 7.72. The van der Waals surface area contributed by atoms with Crippen molar-refractivity contribution in [1.82, 2.24) is 9.88 Å². The van der Waals surface area contributed by atoms with E-state index in [1.807, 2.05) is 13.0 Å². The van der Waals surface area contributed by atoms with Crippen LogP contribution in [0.5, 0.6) is 5.75 Å². The fourth-order valence-electron chi connectivity index (χ4n) is 3.42. The molecule has 0 saturated carbocycles. The van der Waals surface area contributed by atoms with Crippen molar-refractivity contribution in [2.45, 2.75) is 19.6 Å². The van der Waals surface area contributed by atoms with E-state index in [-0.39, 0.29) is 11.7 Å². The van der Waals surface area contributed by atoms with Gasteiger partial charge in [-0.3, -0.25) is 9.78 Å². The summed E-state index contributed by atoms with van der Waals surface area (Å²) in [6.45, 7) is 2.21. The van der Waals surface area contributed by atoms with Gasteiger partial charge in [-0.15, -0.1) is 0 Å². The van der Waals surface area contributed by atoms with Crippen LogP contribution in [0.15, 0.2) is 54.7 Å². The molecule has 0 bridgehead atoms. The lowest BCUT2D eigenvalue weighted by molar-refractivity contribution is 0.0727. The number of carbonyl (C=O) groups excluding carboxylic acids is 1. The normalized spacial score (nSPS) is 15.4. The zero-order valence-electron chi connectivity index (χ0n) is 15.9. The van der Waals surface area contributed by atoms with E-state index in [9.17, 15) is 9.18 Å². The van der Waals surface area contributed by atoms with Crippen LogP contribution in [0, 0.1) is 12.7 Å². The van der Waals surface area contributed by atoms with Gasteiger partial charge in [-0.1, -0.05) is 23.7 Å². The van der Waals surface area contributed by atoms with Crippen LogP contribution >= 0.6 is 11.6 Å². The SMILES string of the molecule is COc1cc(Cl)c(C)cc1N[C@H]1c2ncccc2C(=O)N1Cc1ccc(F)cc1. The highest BCUT2D eigenvalue weighted by atomic mass is 35.5. The standard InChI is InChI=1S/C22H19ClFN3O2/c1-13-10-18(19(29-2)11-17(13)23)26-21-20-16(4-3-9-25-20)22(28)27(21)12-14-5-7-15(24)8-6-14/h3-11,21,26H,12H2,1-2H3/t21-/m1/s1. The van der Waals surface area contributed by atoms with Crippen molar-refractivity contribution in [2.24, 2.45) is 0 Å². The molecule has 5 nitrogen and oxygen atoms in total. The molecular weight excluding hydrogens is 393 g/mol. The van der Waals surface area contributed by atoms with Crippen LogP contribution in [0.2, 0.25) is 5.02 Å². The number of aromatic nitrogens is 1. The summed E-state index contributed by atoms with van der Waals surface area (Å²) in [6.07, 6.45) is 1.16. The van der Waals surface area contributed by atoms with Gasteiger partial charge in [-0.25, -0.2) is 4.39 Å². The van der Waals surface area contributed by atoms with E-state index < -0.39 is 6.17 Å². The Bertz CT molecular complexity index is 1070. The molecule has 1 aromatic heterocycles. The number of hydrogen-bond donors (Lipinski definition) is 1. The summed E-state index contributed by atoms with van der Waals surface area (Å²) >= 11 is 6.22. The predicted octanol–water partition coefficient (Wildman–Crippen LogP) is 4.96. The fourth-order valence-corrected chi connectivity index (χ4v) is 3.58. The molecular formula is C22H19ClFN3O2. The number of carbonyl (C=O) groups is 1. The minimum atomic E-state index is -0.502. The molecule has 3 aromatic rings. The molecule has 0 aliphatic carbocycles. The van der Waals surface area contributed by atoms with Gasteiger partial charge in [0.2, 0.25) is 0 Å². The third-order valence-electron chi connectivity index (χ3n) is 4.94. The Kier molecular flexibility index (Phi) is 5.11. The van der Waals surface area contributed by atoms with E-state index >= 15 is 0 Å². The molecule has 2 heterocycles. The van der Waals surface area contributed by atoms with Crippen LogP contribution < -0.4 is 10.1 Å². The smallest absolute Gasteiger partial charge is 0.258 e. The summed E-state index contributed by atoms with van der Waals surface area (Å²) in [5, 5.41) is 3.98. The lowest BCUT2D eigenvalue weighted by Gasteiger charge is -2.27. The molecule has 0 spiro atoms. The van der Waals surface area contributed by atoms with Gasteiger partial charge < -0.3 is 15.0 Å². The Morgan fingerprint density at radius 1 is 1.24 bits per heavy atom. The summed E-state index contributed by atoms with van der Waals surface area (Å²) in [5.41, 5.74) is 3.57. The molecule has 4 rings (SSSR count). The maximum Gasteiger partial charge on any atom is 0.258 e. The number of amides is 1. The number of halogens is 2. The molecule has 148 valence electrons. The quantitative estimate of drug-likeness (QED) is 0.644. The maximum atomic E-state index is 13.3. The van der Waals surface area contributed by atoms with Gasteiger partial charge in [0.25, 0.3) is 5.91 Å². The zero-order chi connectivity index (χ0) is 20.5. The van der Waals surface area contributed by atoms with E-state index in [1.165, 1.54) is 12.1 Å².